The fourth-order valence-corrected chi connectivity index (χ4v) is 5.39. The normalized spacial score (nSPS) is 18.7. The fraction of sp³-hybridized carbons (Fsp3) is 0.483. The lowest BCUT2D eigenvalue weighted by atomic mass is 9.92. The van der Waals surface area contributed by atoms with Crippen molar-refractivity contribution in [1.29, 1.82) is 5.26 Å². The van der Waals surface area contributed by atoms with Gasteiger partial charge in [0.2, 0.25) is 11.8 Å². The third-order valence-electron chi connectivity index (χ3n) is 7.65. The maximum absolute atomic E-state index is 13.8. The molecular weight excluding hydrogens is 500 g/mol. The van der Waals surface area contributed by atoms with E-state index in [1.54, 1.807) is 17.0 Å². The average Bonchev–Trinajstić information content (AvgIpc) is 2.96. The van der Waals surface area contributed by atoms with E-state index < -0.39 is 23.7 Å². The number of amides is 2. The van der Waals surface area contributed by atoms with Crippen molar-refractivity contribution in [3.05, 3.63) is 53.6 Å². The second-order valence-corrected chi connectivity index (χ2v) is 10.4. The zero-order chi connectivity index (χ0) is 27.8. The lowest BCUT2D eigenvalue weighted by Gasteiger charge is -2.33. The lowest BCUT2D eigenvalue weighted by Crippen LogP contribution is -2.46. The molecule has 0 unspecified atom stereocenters. The Morgan fingerprint density at radius 1 is 1.18 bits per heavy atom. The predicted octanol–water partition coefficient (Wildman–Crippen LogP) is 3.41. The number of nitriles is 1. The minimum Gasteiger partial charge on any atom is -0.481 e. The Bertz CT molecular complexity index is 1240. The largest absolute Gasteiger partial charge is 0.481 e. The maximum Gasteiger partial charge on any atom is 0.305 e. The third-order valence-corrected chi connectivity index (χ3v) is 7.65. The van der Waals surface area contributed by atoms with Crippen LogP contribution < -0.4 is 10.6 Å². The second kappa shape index (κ2) is 13.3. The zero-order valence-electron chi connectivity index (χ0n) is 21.9. The van der Waals surface area contributed by atoms with Crippen LogP contribution in [-0.4, -0.2) is 59.0 Å². The van der Waals surface area contributed by atoms with Crippen molar-refractivity contribution in [1.82, 2.24) is 20.5 Å². The van der Waals surface area contributed by atoms with Gasteiger partial charge in [-0.15, -0.1) is 0 Å². The number of carbonyl (C=O) groups is 3. The maximum atomic E-state index is 13.8. The van der Waals surface area contributed by atoms with Crippen LogP contribution in [0, 0.1) is 29.0 Å². The van der Waals surface area contributed by atoms with E-state index in [0.717, 1.165) is 32.4 Å². The molecule has 206 valence electrons. The molecule has 39 heavy (non-hydrogen) atoms. The highest BCUT2D eigenvalue weighted by atomic mass is 18.2. The van der Waals surface area contributed by atoms with Crippen LogP contribution in [0.3, 0.4) is 0 Å². The van der Waals surface area contributed by atoms with Gasteiger partial charge in [0, 0.05) is 37.5 Å². The lowest BCUT2D eigenvalue weighted by molar-refractivity contribution is -0.138. The van der Waals surface area contributed by atoms with E-state index in [0.29, 0.717) is 55.0 Å². The van der Waals surface area contributed by atoms with Gasteiger partial charge in [-0.05, 0) is 80.4 Å². The molecule has 0 saturated carbocycles. The van der Waals surface area contributed by atoms with Gasteiger partial charge in [-0.1, -0.05) is 6.07 Å². The molecule has 1 aromatic carbocycles. The summed E-state index contributed by atoms with van der Waals surface area (Å²) in [5, 5.41) is 24.9. The Kier molecular flexibility index (Phi) is 9.60. The molecular formula is C29H34FN5O4. The van der Waals surface area contributed by atoms with Crippen LogP contribution in [0.1, 0.15) is 62.1 Å². The number of carbonyl (C=O) groups excluding carboxylic acids is 2. The minimum atomic E-state index is -1.09. The topological polar surface area (TPSA) is 135 Å². The molecule has 9 nitrogen and oxygen atoms in total. The number of likely N-dealkylation sites (tertiary alicyclic amines) is 1. The number of aliphatic carboxylic acids is 1. The standard InChI is InChI=1S/C29H34FN5O4/c30-25-5-4-20(12-22(25)15-31)23-13-24(17-33-16-23)26(14-28(37)38)34-29(39)21-2-1-11-35(18-21)27(36)6-3-19-7-9-32-10-8-19/h4-5,12-13,16-17,19,21,26,32H,1-3,6-11,14,18H2,(H,34,39)(H,37,38)/t21-,26-/m1/s1/i30-1. The van der Waals surface area contributed by atoms with Gasteiger partial charge in [0.15, 0.2) is 0 Å². The number of pyridine rings is 1. The Labute approximate surface area is 227 Å². The highest BCUT2D eigenvalue weighted by Crippen LogP contribution is 2.27. The van der Waals surface area contributed by atoms with Crippen molar-refractivity contribution in [2.24, 2.45) is 11.8 Å². The first-order chi connectivity index (χ1) is 18.8. The van der Waals surface area contributed by atoms with Gasteiger partial charge in [-0.2, -0.15) is 5.26 Å². The number of carboxylic acid groups (broad SMARTS) is 1. The van der Waals surface area contributed by atoms with E-state index >= 15 is 0 Å². The van der Waals surface area contributed by atoms with Crippen molar-refractivity contribution in [2.75, 3.05) is 26.2 Å². The third kappa shape index (κ3) is 7.60. The van der Waals surface area contributed by atoms with Gasteiger partial charge < -0.3 is 20.6 Å². The van der Waals surface area contributed by atoms with Crippen molar-refractivity contribution in [2.45, 2.75) is 51.0 Å². The molecule has 2 fully saturated rings. The molecule has 2 aliphatic rings. The van der Waals surface area contributed by atoms with Crippen LogP contribution in [0.25, 0.3) is 11.1 Å². The first kappa shape index (κ1) is 28.2. The van der Waals surface area contributed by atoms with Crippen molar-refractivity contribution < 1.29 is 23.9 Å². The Balaban J connectivity index is 1.42. The number of nitrogens with zero attached hydrogens (tertiary/aromatic N) is 3. The molecule has 10 heteroatoms. The quantitative estimate of drug-likeness (QED) is 0.449. The number of piperidine rings is 2. The zero-order valence-corrected chi connectivity index (χ0v) is 21.9. The molecule has 0 radical (unpaired) electrons. The summed E-state index contributed by atoms with van der Waals surface area (Å²) in [5.41, 5.74) is 1.49. The molecule has 0 bridgehead atoms. The number of aromatic nitrogens is 1. The molecule has 0 spiro atoms. The van der Waals surface area contributed by atoms with Crippen LogP contribution >= 0.6 is 0 Å². The highest BCUT2D eigenvalue weighted by molar-refractivity contribution is 5.82. The van der Waals surface area contributed by atoms with E-state index in [9.17, 15) is 23.9 Å². The summed E-state index contributed by atoms with van der Waals surface area (Å²) in [4.78, 5) is 43.8. The number of nitrogens with one attached hydrogen (secondary N) is 2. The van der Waals surface area contributed by atoms with Crippen molar-refractivity contribution >= 4 is 17.8 Å². The van der Waals surface area contributed by atoms with Crippen LogP contribution in [0.4, 0.5) is 4.39 Å². The summed E-state index contributed by atoms with van der Waals surface area (Å²) in [6.45, 7) is 2.93. The Morgan fingerprint density at radius 3 is 2.72 bits per heavy atom. The van der Waals surface area contributed by atoms with Crippen LogP contribution in [0.2, 0.25) is 0 Å². The van der Waals surface area contributed by atoms with Crippen molar-refractivity contribution in [3.8, 4) is 17.2 Å². The van der Waals surface area contributed by atoms with E-state index in [-0.39, 0.29) is 23.8 Å². The predicted molar refractivity (Wildman–Crippen MR) is 142 cm³/mol. The van der Waals surface area contributed by atoms with E-state index in [1.807, 2.05) is 0 Å². The molecule has 1 aromatic heterocycles. The van der Waals surface area contributed by atoms with Crippen LogP contribution in [0.5, 0.6) is 0 Å². The van der Waals surface area contributed by atoms with Gasteiger partial charge in [0.1, 0.15) is 11.9 Å². The smallest absolute Gasteiger partial charge is 0.305 e. The molecule has 2 atom stereocenters. The monoisotopic (exact) mass is 534 g/mol. The Hall–Kier alpha value is -3.84. The molecule has 3 heterocycles. The number of hydrogen-bond donors (Lipinski definition) is 3. The second-order valence-electron chi connectivity index (χ2n) is 10.4. The van der Waals surface area contributed by atoms with Gasteiger partial charge in [0.05, 0.1) is 23.9 Å². The number of halogens is 1. The summed E-state index contributed by atoms with van der Waals surface area (Å²) < 4.78 is 13.8. The van der Waals surface area contributed by atoms with E-state index in [2.05, 4.69) is 15.6 Å². The molecule has 2 aliphatic heterocycles. The number of benzene rings is 1. The van der Waals surface area contributed by atoms with Crippen molar-refractivity contribution in [3.63, 3.8) is 0 Å². The summed E-state index contributed by atoms with van der Waals surface area (Å²) in [5.74, 6) is -1.81. The average molecular weight is 535 g/mol. The van der Waals surface area contributed by atoms with Gasteiger partial charge >= 0.3 is 5.97 Å². The first-order valence-electron chi connectivity index (χ1n) is 13.5. The van der Waals surface area contributed by atoms with Crippen LogP contribution in [-0.2, 0) is 14.4 Å². The number of rotatable bonds is 9. The molecule has 0 aliphatic carbocycles. The Morgan fingerprint density at radius 2 is 1.97 bits per heavy atom. The molecule has 4 rings (SSSR count). The highest BCUT2D eigenvalue weighted by Gasteiger charge is 2.31. The fourth-order valence-electron chi connectivity index (χ4n) is 5.39. The summed E-state index contributed by atoms with van der Waals surface area (Å²) in [6.07, 6.45) is 7.51. The number of hydrogen-bond acceptors (Lipinski definition) is 6. The summed E-state index contributed by atoms with van der Waals surface area (Å²) in [7, 11) is 0. The SMILES string of the molecule is N#Cc1cc(-c2cncc([C@@H](CC(=O)O)NC(=O)[C@@H]3CCCN(C(=O)CCC4CCNCC4)C3)c2)ccc1[18F]. The molecule has 2 amide bonds. The van der Waals surface area contributed by atoms with Gasteiger partial charge in [-0.25, -0.2) is 4.39 Å². The first-order valence-corrected chi connectivity index (χ1v) is 13.5. The van der Waals surface area contributed by atoms with E-state index in [4.69, 9.17) is 5.26 Å². The van der Waals surface area contributed by atoms with Crippen LogP contribution in [0.15, 0.2) is 36.7 Å². The molecule has 2 saturated heterocycles. The molecule has 3 N–H and O–H groups in total. The summed E-state index contributed by atoms with van der Waals surface area (Å²) >= 11 is 0. The molecule has 2 aromatic rings. The van der Waals surface area contributed by atoms with Gasteiger partial charge in [-0.3, -0.25) is 19.4 Å². The number of carboxylic acids is 1. The van der Waals surface area contributed by atoms with E-state index in [1.165, 1.54) is 30.6 Å². The minimum absolute atomic E-state index is 0.0704. The summed E-state index contributed by atoms with van der Waals surface area (Å²) in [6, 6.07) is 6.76. The van der Waals surface area contributed by atoms with Gasteiger partial charge in [0.25, 0.3) is 0 Å².